The van der Waals surface area contributed by atoms with Crippen LogP contribution in [0.3, 0.4) is 0 Å². The summed E-state index contributed by atoms with van der Waals surface area (Å²) in [5, 5.41) is 10.5. The molecule has 0 bridgehead atoms. The molecule has 0 amide bonds. The van der Waals surface area contributed by atoms with E-state index < -0.39 is 6.10 Å². The number of rotatable bonds is 6. The third-order valence-corrected chi connectivity index (χ3v) is 5.34. The van der Waals surface area contributed by atoms with E-state index in [4.69, 9.17) is 21.1 Å². The number of hydrogen-bond acceptors (Lipinski definition) is 4. The van der Waals surface area contributed by atoms with Crippen LogP contribution in [0.25, 0.3) is 0 Å². The molecule has 0 radical (unpaired) electrons. The van der Waals surface area contributed by atoms with Crippen molar-refractivity contribution in [3.05, 3.63) is 43.5 Å². The van der Waals surface area contributed by atoms with Gasteiger partial charge in [-0.05, 0) is 53.5 Å². The number of benzene rings is 1. The fraction of sp³-hybridized carbons (Fsp3) is 0.333. The van der Waals surface area contributed by atoms with E-state index >= 15 is 0 Å². The van der Waals surface area contributed by atoms with Crippen molar-refractivity contribution in [1.29, 1.82) is 0 Å². The largest absolute Gasteiger partial charge is 0.490 e. The molecule has 2 rings (SSSR count). The first-order chi connectivity index (χ1) is 10.1. The third-order valence-electron chi connectivity index (χ3n) is 2.82. The van der Waals surface area contributed by atoms with E-state index in [0.29, 0.717) is 29.0 Å². The molecule has 0 aliphatic carbocycles. The van der Waals surface area contributed by atoms with E-state index in [-0.39, 0.29) is 0 Å². The van der Waals surface area contributed by atoms with Gasteiger partial charge >= 0.3 is 0 Å². The topological polar surface area (TPSA) is 38.7 Å². The first-order valence-corrected chi connectivity index (χ1v) is 8.57. The predicted octanol–water partition coefficient (Wildman–Crippen LogP) is 5.04. The van der Waals surface area contributed by atoms with Crippen LogP contribution in [0, 0.1) is 0 Å². The summed E-state index contributed by atoms with van der Waals surface area (Å²) in [5.41, 5.74) is 0.743. The molecule has 21 heavy (non-hydrogen) atoms. The van der Waals surface area contributed by atoms with E-state index in [0.717, 1.165) is 14.9 Å². The van der Waals surface area contributed by atoms with Crippen molar-refractivity contribution in [1.82, 2.24) is 0 Å². The Morgan fingerprint density at radius 3 is 2.43 bits per heavy atom. The summed E-state index contributed by atoms with van der Waals surface area (Å²) >= 11 is 10.7. The Hall–Kier alpha value is -0.750. The second-order valence-corrected chi connectivity index (χ2v) is 6.79. The van der Waals surface area contributed by atoms with Gasteiger partial charge in [-0.3, -0.25) is 0 Å². The Morgan fingerprint density at radius 1 is 1.19 bits per heavy atom. The molecule has 0 fully saturated rings. The van der Waals surface area contributed by atoms with Crippen LogP contribution in [0.2, 0.25) is 4.34 Å². The molecule has 1 atom stereocenters. The highest BCUT2D eigenvalue weighted by molar-refractivity contribution is 9.10. The van der Waals surface area contributed by atoms with Gasteiger partial charge in [-0.1, -0.05) is 17.7 Å². The van der Waals surface area contributed by atoms with Crippen molar-refractivity contribution in [2.75, 3.05) is 13.2 Å². The molecule has 6 heteroatoms. The summed E-state index contributed by atoms with van der Waals surface area (Å²) in [5.74, 6) is 1.32. The number of ether oxygens (including phenoxy) is 2. The van der Waals surface area contributed by atoms with Crippen LogP contribution in [0.4, 0.5) is 0 Å². The zero-order valence-electron chi connectivity index (χ0n) is 11.7. The minimum atomic E-state index is -0.742. The summed E-state index contributed by atoms with van der Waals surface area (Å²) in [6, 6.07) is 7.28. The van der Waals surface area contributed by atoms with Crippen molar-refractivity contribution in [3.63, 3.8) is 0 Å². The highest BCUT2D eigenvalue weighted by atomic mass is 79.9. The Morgan fingerprint density at radius 2 is 1.86 bits per heavy atom. The third kappa shape index (κ3) is 3.92. The maximum atomic E-state index is 10.5. The van der Waals surface area contributed by atoms with Crippen LogP contribution >= 0.6 is 38.9 Å². The van der Waals surface area contributed by atoms with Gasteiger partial charge in [0.1, 0.15) is 10.4 Å². The molecule has 0 saturated heterocycles. The molecule has 1 unspecified atom stereocenters. The van der Waals surface area contributed by atoms with Crippen molar-refractivity contribution >= 4 is 38.9 Å². The van der Waals surface area contributed by atoms with Crippen LogP contribution in [0.15, 0.2) is 28.7 Å². The highest BCUT2D eigenvalue weighted by Crippen LogP contribution is 2.39. The quantitative estimate of drug-likeness (QED) is 0.749. The van der Waals surface area contributed by atoms with Gasteiger partial charge < -0.3 is 14.6 Å². The van der Waals surface area contributed by atoms with Gasteiger partial charge in [0.25, 0.3) is 0 Å². The van der Waals surface area contributed by atoms with Crippen molar-refractivity contribution in [2.45, 2.75) is 20.0 Å². The number of aliphatic hydroxyl groups excluding tert-OH is 1. The molecular formula is C15H16BrClO3S. The van der Waals surface area contributed by atoms with Gasteiger partial charge in [-0.25, -0.2) is 0 Å². The van der Waals surface area contributed by atoms with Crippen LogP contribution in [0.1, 0.15) is 30.4 Å². The number of thiophene rings is 1. The second kappa shape index (κ2) is 7.49. The summed E-state index contributed by atoms with van der Waals surface area (Å²) in [4.78, 5) is 0.776. The van der Waals surface area contributed by atoms with Gasteiger partial charge in [0.15, 0.2) is 11.5 Å². The number of aliphatic hydroxyl groups is 1. The van der Waals surface area contributed by atoms with Gasteiger partial charge in [0.05, 0.1) is 13.2 Å². The molecule has 114 valence electrons. The number of hydrogen-bond donors (Lipinski definition) is 1. The maximum absolute atomic E-state index is 10.5. The van der Waals surface area contributed by atoms with Crippen LogP contribution in [-0.4, -0.2) is 18.3 Å². The van der Waals surface area contributed by atoms with Gasteiger partial charge in [0, 0.05) is 9.35 Å². The standard InChI is InChI=1S/C15H16BrClO3S/c1-3-19-11-6-5-9(7-12(11)20-4-2)14(18)13-8-10(16)15(17)21-13/h5-8,14,18H,3-4H2,1-2H3. The minimum Gasteiger partial charge on any atom is -0.490 e. The molecule has 2 aromatic rings. The first-order valence-electron chi connectivity index (χ1n) is 6.59. The zero-order chi connectivity index (χ0) is 15.4. The van der Waals surface area contributed by atoms with Crippen molar-refractivity contribution in [3.8, 4) is 11.5 Å². The lowest BCUT2D eigenvalue weighted by molar-refractivity contribution is 0.222. The van der Waals surface area contributed by atoms with Crippen LogP contribution in [-0.2, 0) is 0 Å². The molecule has 0 saturated carbocycles. The Balaban J connectivity index is 2.32. The lowest BCUT2D eigenvalue weighted by Crippen LogP contribution is -2.02. The second-order valence-electron chi connectivity index (χ2n) is 4.25. The van der Waals surface area contributed by atoms with E-state index in [1.807, 2.05) is 32.0 Å². The number of halogens is 2. The fourth-order valence-electron chi connectivity index (χ4n) is 1.90. The average Bonchev–Trinajstić information content (AvgIpc) is 2.80. The minimum absolute atomic E-state index is 0.538. The summed E-state index contributed by atoms with van der Waals surface area (Å²) in [7, 11) is 0. The SMILES string of the molecule is CCOc1ccc(C(O)c2cc(Br)c(Cl)s2)cc1OCC. The molecule has 3 nitrogen and oxygen atoms in total. The lowest BCUT2D eigenvalue weighted by atomic mass is 10.1. The Kier molecular flexibility index (Phi) is 5.93. The molecule has 1 N–H and O–H groups in total. The van der Waals surface area contributed by atoms with Crippen LogP contribution < -0.4 is 9.47 Å². The van der Waals surface area contributed by atoms with Gasteiger partial charge in [-0.2, -0.15) is 0 Å². The van der Waals surface area contributed by atoms with E-state index in [1.165, 1.54) is 11.3 Å². The van der Waals surface area contributed by atoms with Crippen LogP contribution in [0.5, 0.6) is 11.5 Å². The molecule has 0 aliphatic rings. The van der Waals surface area contributed by atoms with Gasteiger partial charge in [0.2, 0.25) is 0 Å². The normalized spacial score (nSPS) is 12.2. The van der Waals surface area contributed by atoms with E-state index in [9.17, 15) is 5.11 Å². The zero-order valence-corrected chi connectivity index (χ0v) is 14.9. The Labute approximate surface area is 141 Å². The summed E-state index contributed by atoms with van der Waals surface area (Å²) < 4.78 is 12.5. The molecule has 1 aromatic heterocycles. The Bertz CT molecular complexity index is 595. The fourth-order valence-corrected chi connectivity index (χ4v) is 3.65. The molecule has 1 heterocycles. The molecule has 0 aliphatic heterocycles. The predicted molar refractivity (Wildman–Crippen MR) is 89.9 cm³/mol. The van der Waals surface area contributed by atoms with Crippen molar-refractivity contribution in [2.24, 2.45) is 0 Å². The average molecular weight is 392 g/mol. The monoisotopic (exact) mass is 390 g/mol. The summed E-state index contributed by atoms with van der Waals surface area (Å²) in [6.45, 7) is 4.93. The first kappa shape index (κ1) is 16.6. The molecule has 0 spiro atoms. The molecule has 1 aromatic carbocycles. The van der Waals surface area contributed by atoms with Gasteiger partial charge in [-0.15, -0.1) is 11.3 Å². The molecular weight excluding hydrogens is 376 g/mol. The lowest BCUT2D eigenvalue weighted by Gasteiger charge is -2.14. The highest BCUT2D eigenvalue weighted by Gasteiger charge is 2.17. The summed E-state index contributed by atoms with van der Waals surface area (Å²) in [6.07, 6.45) is -0.742. The van der Waals surface area contributed by atoms with Crippen molar-refractivity contribution < 1.29 is 14.6 Å². The van der Waals surface area contributed by atoms with E-state index in [2.05, 4.69) is 15.9 Å². The maximum Gasteiger partial charge on any atom is 0.161 e. The van der Waals surface area contributed by atoms with E-state index in [1.54, 1.807) is 6.07 Å². The smallest absolute Gasteiger partial charge is 0.161 e.